The van der Waals surface area contributed by atoms with Crippen molar-refractivity contribution < 1.29 is 4.79 Å². The fourth-order valence-electron chi connectivity index (χ4n) is 2.67. The topological polar surface area (TPSA) is 41.1 Å². The van der Waals surface area contributed by atoms with Gasteiger partial charge in [0.05, 0.1) is 0 Å². The van der Waals surface area contributed by atoms with Crippen molar-refractivity contribution in [2.24, 2.45) is 5.41 Å². The van der Waals surface area contributed by atoms with E-state index in [1.807, 2.05) is 0 Å². The molecule has 0 aromatic heterocycles. The van der Waals surface area contributed by atoms with E-state index in [9.17, 15) is 4.79 Å². The summed E-state index contributed by atoms with van der Waals surface area (Å²) >= 11 is 0. The van der Waals surface area contributed by atoms with E-state index in [1.54, 1.807) is 0 Å². The minimum absolute atomic E-state index is 0.0904. The first-order chi connectivity index (χ1) is 8.18. The summed E-state index contributed by atoms with van der Waals surface area (Å²) in [5.41, 5.74) is 0.479. The highest BCUT2D eigenvalue weighted by molar-refractivity contribution is 5.76. The van der Waals surface area contributed by atoms with E-state index >= 15 is 0 Å². The van der Waals surface area contributed by atoms with Crippen molar-refractivity contribution in [3.8, 4) is 0 Å². The normalized spacial score (nSPS) is 23.7. The van der Waals surface area contributed by atoms with Crippen LogP contribution in [0.25, 0.3) is 0 Å². The molecule has 0 spiro atoms. The minimum atomic E-state index is 0.0904. The van der Waals surface area contributed by atoms with Gasteiger partial charge in [0.15, 0.2) is 0 Å². The van der Waals surface area contributed by atoms with Gasteiger partial charge in [-0.15, -0.1) is 0 Å². The van der Waals surface area contributed by atoms with E-state index in [4.69, 9.17) is 0 Å². The van der Waals surface area contributed by atoms with Crippen LogP contribution in [0, 0.1) is 5.41 Å². The third kappa shape index (κ3) is 6.39. The monoisotopic (exact) mass is 254 g/mol. The first kappa shape index (κ1) is 15.5. The Morgan fingerprint density at radius 3 is 2.56 bits per heavy atom. The largest absolute Gasteiger partial charge is 0.353 e. The SMILES string of the molecule is CC1(C)CCCC(NC(=O)CCNC(C)(C)C)C1. The van der Waals surface area contributed by atoms with Crippen LogP contribution in [0.15, 0.2) is 0 Å². The molecule has 3 heteroatoms. The average Bonchev–Trinajstić information content (AvgIpc) is 2.13. The standard InChI is InChI=1S/C15H30N2O/c1-14(2,3)16-10-8-13(18)17-12-7-6-9-15(4,5)11-12/h12,16H,6-11H2,1-5H3,(H,17,18). The highest BCUT2D eigenvalue weighted by Gasteiger charge is 2.28. The molecule has 0 radical (unpaired) electrons. The Kier molecular flexibility index (Phi) is 5.20. The summed E-state index contributed by atoms with van der Waals surface area (Å²) in [6.07, 6.45) is 5.35. The fraction of sp³-hybridized carbons (Fsp3) is 0.933. The Morgan fingerprint density at radius 2 is 2.00 bits per heavy atom. The summed E-state index contributed by atoms with van der Waals surface area (Å²) in [7, 11) is 0. The second-order valence-electron chi connectivity index (χ2n) is 7.45. The van der Waals surface area contributed by atoms with Crippen molar-refractivity contribution in [3.63, 3.8) is 0 Å². The Hall–Kier alpha value is -0.570. The van der Waals surface area contributed by atoms with Crippen molar-refractivity contribution in [1.29, 1.82) is 0 Å². The first-order valence-electron chi connectivity index (χ1n) is 7.22. The zero-order chi connectivity index (χ0) is 13.8. The number of hydrogen-bond donors (Lipinski definition) is 2. The summed E-state index contributed by atoms with van der Waals surface area (Å²) in [6, 6.07) is 0.385. The predicted molar refractivity (Wildman–Crippen MR) is 76.6 cm³/mol. The van der Waals surface area contributed by atoms with Gasteiger partial charge >= 0.3 is 0 Å². The van der Waals surface area contributed by atoms with Gasteiger partial charge in [-0.25, -0.2) is 0 Å². The number of rotatable bonds is 4. The summed E-state index contributed by atoms with van der Waals surface area (Å²) in [6.45, 7) is 11.7. The molecule has 1 fully saturated rings. The van der Waals surface area contributed by atoms with Crippen molar-refractivity contribution in [3.05, 3.63) is 0 Å². The van der Waals surface area contributed by atoms with Crippen molar-refractivity contribution >= 4 is 5.91 Å². The maximum absolute atomic E-state index is 11.9. The molecule has 18 heavy (non-hydrogen) atoms. The van der Waals surface area contributed by atoms with Gasteiger partial charge in [-0.1, -0.05) is 20.3 Å². The fourth-order valence-corrected chi connectivity index (χ4v) is 2.67. The number of amides is 1. The molecule has 106 valence electrons. The molecule has 1 aliphatic rings. The Balaban J connectivity index is 2.24. The molecular formula is C15H30N2O. The smallest absolute Gasteiger partial charge is 0.221 e. The molecule has 1 atom stereocenters. The van der Waals surface area contributed by atoms with Gasteiger partial charge in [0.1, 0.15) is 0 Å². The van der Waals surface area contributed by atoms with Crippen LogP contribution < -0.4 is 10.6 Å². The summed E-state index contributed by atoms with van der Waals surface area (Å²) < 4.78 is 0. The molecule has 0 heterocycles. The lowest BCUT2D eigenvalue weighted by molar-refractivity contribution is -0.122. The van der Waals surface area contributed by atoms with Crippen LogP contribution in [0.3, 0.4) is 0 Å². The average molecular weight is 254 g/mol. The molecule has 1 rings (SSSR count). The third-order valence-electron chi connectivity index (χ3n) is 3.58. The number of nitrogens with one attached hydrogen (secondary N) is 2. The van der Waals surface area contributed by atoms with Crippen LogP contribution >= 0.6 is 0 Å². The van der Waals surface area contributed by atoms with Crippen LogP contribution in [0.4, 0.5) is 0 Å². The van der Waals surface area contributed by atoms with Gasteiger partial charge < -0.3 is 10.6 Å². The highest BCUT2D eigenvalue weighted by atomic mass is 16.1. The second kappa shape index (κ2) is 6.05. The van der Waals surface area contributed by atoms with Crippen molar-refractivity contribution in [1.82, 2.24) is 10.6 Å². The molecule has 1 saturated carbocycles. The van der Waals surface area contributed by atoms with Crippen LogP contribution in [-0.4, -0.2) is 24.0 Å². The maximum atomic E-state index is 11.9. The minimum Gasteiger partial charge on any atom is -0.353 e. The molecule has 1 amide bonds. The molecule has 0 aliphatic heterocycles. The van der Waals surface area contributed by atoms with Crippen molar-refractivity contribution in [2.75, 3.05) is 6.54 Å². The second-order valence-corrected chi connectivity index (χ2v) is 7.45. The molecule has 0 aromatic carbocycles. The van der Waals surface area contributed by atoms with Gasteiger partial charge in [-0.2, -0.15) is 0 Å². The third-order valence-corrected chi connectivity index (χ3v) is 3.58. The molecular weight excluding hydrogens is 224 g/mol. The molecule has 1 aliphatic carbocycles. The zero-order valence-electron chi connectivity index (χ0n) is 12.7. The molecule has 1 unspecified atom stereocenters. The Morgan fingerprint density at radius 1 is 1.33 bits per heavy atom. The van der Waals surface area contributed by atoms with Gasteiger partial charge in [0.2, 0.25) is 5.91 Å². The van der Waals surface area contributed by atoms with Crippen LogP contribution in [-0.2, 0) is 4.79 Å². The lowest BCUT2D eigenvalue weighted by Gasteiger charge is -2.35. The molecule has 2 N–H and O–H groups in total. The van der Waals surface area contributed by atoms with Crippen LogP contribution in [0.5, 0.6) is 0 Å². The van der Waals surface area contributed by atoms with Crippen LogP contribution in [0.1, 0.15) is 66.7 Å². The summed E-state index contributed by atoms with van der Waals surface area (Å²) in [5.74, 6) is 0.189. The predicted octanol–water partition coefficient (Wildman–Crippen LogP) is 2.85. The molecule has 3 nitrogen and oxygen atoms in total. The van der Waals surface area contributed by atoms with Crippen LogP contribution in [0.2, 0.25) is 0 Å². The highest BCUT2D eigenvalue weighted by Crippen LogP contribution is 2.35. The summed E-state index contributed by atoms with van der Waals surface area (Å²) in [4.78, 5) is 11.9. The van der Waals surface area contributed by atoms with Gasteiger partial charge in [0, 0.05) is 24.5 Å². The van der Waals surface area contributed by atoms with E-state index in [1.165, 1.54) is 12.8 Å². The summed E-state index contributed by atoms with van der Waals surface area (Å²) in [5, 5.41) is 6.53. The lowest BCUT2D eigenvalue weighted by Crippen LogP contribution is -2.43. The van der Waals surface area contributed by atoms with E-state index in [0.29, 0.717) is 17.9 Å². The van der Waals surface area contributed by atoms with E-state index in [-0.39, 0.29) is 11.4 Å². The van der Waals surface area contributed by atoms with Gasteiger partial charge in [-0.3, -0.25) is 4.79 Å². The van der Waals surface area contributed by atoms with E-state index in [2.05, 4.69) is 45.3 Å². The Bertz CT molecular complexity index is 279. The molecule has 0 aromatic rings. The molecule has 0 saturated heterocycles. The van der Waals surface area contributed by atoms with Crippen molar-refractivity contribution in [2.45, 2.75) is 78.3 Å². The zero-order valence-corrected chi connectivity index (χ0v) is 12.7. The number of carbonyl (C=O) groups excluding carboxylic acids is 1. The van der Waals surface area contributed by atoms with Gasteiger partial charge in [0.25, 0.3) is 0 Å². The lowest BCUT2D eigenvalue weighted by atomic mass is 9.75. The number of hydrogen-bond acceptors (Lipinski definition) is 2. The van der Waals surface area contributed by atoms with E-state index in [0.717, 1.165) is 19.4 Å². The quantitative estimate of drug-likeness (QED) is 0.810. The molecule has 0 bridgehead atoms. The maximum Gasteiger partial charge on any atom is 0.221 e. The number of carbonyl (C=O) groups is 1. The van der Waals surface area contributed by atoms with Gasteiger partial charge in [-0.05, 0) is 45.4 Å². The Labute approximate surface area is 112 Å². The first-order valence-corrected chi connectivity index (χ1v) is 7.22. The van der Waals surface area contributed by atoms with E-state index < -0.39 is 0 Å².